The van der Waals surface area contributed by atoms with Gasteiger partial charge < -0.3 is 20.1 Å². The third-order valence-electron chi connectivity index (χ3n) is 3.96. The predicted molar refractivity (Wildman–Crippen MR) is 75.6 cm³/mol. The summed E-state index contributed by atoms with van der Waals surface area (Å²) in [5.74, 6) is 0.140. The number of amides is 1. The molecule has 0 spiro atoms. The van der Waals surface area contributed by atoms with Crippen LogP contribution in [0.25, 0.3) is 0 Å². The van der Waals surface area contributed by atoms with E-state index in [0.29, 0.717) is 13.2 Å². The van der Waals surface area contributed by atoms with E-state index < -0.39 is 0 Å². The molecule has 2 saturated heterocycles. The molecule has 0 aliphatic carbocycles. The molecular weight excluding hydrogens is 268 g/mol. The van der Waals surface area contributed by atoms with Gasteiger partial charge >= 0.3 is 0 Å². The van der Waals surface area contributed by atoms with Crippen molar-refractivity contribution in [3.05, 3.63) is 0 Å². The zero-order chi connectivity index (χ0) is 12.8. The first-order valence-electron chi connectivity index (χ1n) is 6.85. The van der Waals surface area contributed by atoms with Crippen molar-refractivity contribution in [1.82, 2.24) is 10.6 Å². The summed E-state index contributed by atoms with van der Waals surface area (Å²) < 4.78 is 10.7. The van der Waals surface area contributed by atoms with Gasteiger partial charge in [0.1, 0.15) is 0 Å². The van der Waals surface area contributed by atoms with Crippen molar-refractivity contribution in [2.24, 2.45) is 5.41 Å². The molecule has 6 heteroatoms. The molecule has 1 unspecified atom stereocenters. The molecule has 112 valence electrons. The van der Waals surface area contributed by atoms with E-state index in [4.69, 9.17) is 9.47 Å². The summed E-state index contributed by atoms with van der Waals surface area (Å²) in [5, 5.41) is 6.44. The zero-order valence-corrected chi connectivity index (χ0v) is 12.4. The van der Waals surface area contributed by atoms with Crippen molar-refractivity contribution in [2.75, 3.05) is 40.0 Å². The summed E-state index contributed by atoms with van der Waals surface area (Å²) in [6, 6.07) is 0.176. The van der Waals surface area contributed by atoms with Gasteiger partial charge in [-0.2, -0.15) is 0 Å². The quantitative estimate of drug-likeness (QED) is 0.802. The highest BCUT2D eigenvalue weighted by molar-refractivity contribution is 5.85. The second kappa shape index (κ2) is 8.04. The molecule has 5 nitrogen and oxygen atoms in total. The molecule has 19 heavy (non-hydrogen) atoms. The maximum absolute atomic E-state index is 12.5. The van der Waals surface area contributed by atoms with E-state index >= 15 is 0 Å². The fourth-order valence-corrected chi connectivity index (χ4v) is 2.81. The smallest absolute Gasteiger partial charge is 0.228 e. The summed E-state index contributed by atoms with van der Waals surface area (Å²) in [7, 11) is 1.67. The van der Waals surface area contributed by atoms with Gasteiger partial charge in [-0.25, -0.2) is 0 Å². The fourth-order valence-electron chi connectivity index (χ4n) is 2.81. The molecule has 1 amide bonds. The van der Waals surface area contributed by atoms with Crippen LogP contribution in [0, 0.1) is 5.41 Å². The summed E-state index contributed by atoms with van der Waals surface area (Å²) in [5.41, 5.74) is -0.350. The van der Waals surface area contributed by atoms with E-state index in [9.17, 15) is 4.79 Å². The Morgan fingerprint density at radius 1 is 1.47 bits per heavy atom. The average Bonchev–Trinajstić information content (AvgIpc) is 2.41. The Morgan fingerprint density at radius 3 is 2.79 bits per heavy atom. The highest BCUT2D eigenvalue weighted by Crippen LogP contribution is 2.29. The van der Waals surface area contributed by atoms with Gasteiger partial charge in [0.05, 0.1) is 24.7 Å². The van der Waals surface area contributed by atoms with Crippen LogP contribution in [-0.2, 0) is 14.3 Å². The zero-order valence-electron chi connectivity index (χ0n) is 11.6. The Morgan fingerprint density at radius 2 is 2.21 bits per heavy atom. The van der Waals surface area contributed by atoms with E-state index in [1.807, 2.05) is 0 Å². The van der Waals surface area contributed by atoms with Gasteiger partial charge in [0.2, 0.25) is 5.91 Å². The van der Waals surface area contributed by atoms with E-state index in [-0.39, 0.29) is 29.8 Å². The van der Waals surface area contributed by atoms with Crippen LogP contribution in [0.3, 0.4) is 0 Å². The SMILES string of the molecule is COCC1(C(=O)NC2CCCOC2)CCNCC1.Cl. The number of methoxy groups -OCH3 is 1. The Labute approximate surface area is 121 Å². The molecule has 1 atom stereocenters. The van der Waals surface area contributed by atoms with Crippen LogP contribution in [0.2, 0.25) is 0 Å². The minimum Gasteiger partial charge on any atom is -0.384 e. The third-order valence-corrected chi connectivity index (χ3v) is 3.96. The topological polar surface area (TPSA) is 59.6 Å². The molecule has 2 rings (SSSR count). The number of piperidine rings is 1. The lowest BCUT2D eigenvalue weighted by molar-refractivity contribution is -0.137. The predicted octanol–water partition coefficient (Wildman–Crippen LogP) is 0.720. The lowest BCUT2D eigenvalue weighted by Crippen LogP contribution is -2.53. The summed E-state index contributed by atoms with van der Waals surface area (Å²) in [4.78, 5) is 12.5. The molecular formula is C13H25ClN2O3. The van der Waals surface area contributed by atoms with Crippen molar-refractivity contribution < 1.29 is 14.3 Å². The number of ether oxygens (including phenoxy) is 2. The van der Waals surface area contributed by atoms with Gasteiger partial charge in [-0.15, -0.1) is 12.4 Å². The van der Waals surface area contributed by atoms with E-state index in [0.717, 1.165) is 45.4 Å². The molecule has 0 bridgehead atoms. The van der Waals surface area contributed by atoms with Crippen molar-refractivity contribution in [3.63, 3.8) is 0 Å². The van der Waals surface area contributed by atoms with Crippen LogP contribution in [0.4, 0.5) is 0 Å². The second-order valence-corrected chi connectivity index (χ2v) is 5.35. The fraction of sp³-hybridized carbons (Fsp3) is 0.923. The van der Waals surface area contributed by atoms with Gasteiger partial charge in [0.15, 0.2) is 0 Å². The molecule has 2 fully saturated rings. The maximum Gasteiger partial charge on any atom is 0.228 e. The highest BCUT2D eigenvalue weighted by atomic mass is 35.5. The number of rotatable bonds is 4. The number of halogens is 1. The first-order valence-corrected chi connectivity index (χ1v) is 6.85. The van der Waals surface area contributed by atoms with Crippen LogP contribution in [0.5, 0.6) is 0 Å². The third kappa shape index (κ3) is 4.31. The number of hydrogen-bond acceptors (Lipinski definition) is 4. The van der Waals surface area contributed by atoms with E-state index in [1.165, 1.54) is 0 Å². The van der Waals surface area contributed by atoms with Gasteiger partial charge in [-0.3, -0.25) is 4.79 Å². The minimum absolute atomic E-state index is 0. The van der Waals surface area contributed by atoms with Gasteiger partial charge in [-0.1, -0.05) is 0 Å². The van der Waals surface area contributed by atoms with Crippen LogP contribution < -0.4 is 10.6 Å². The molecule has 2 aliphatic heterocycles. The highest BCUT2D eigenvalue weighted by Gasteiger charge is 2.40. The van der Waals surface area contributed by atoms with Crippen molar-refractivity contribution in [2.45, 2.75) is 31.7 Å². The molecule has 0 radical (unpaired) electrons. The Hall–Kier alpha value is -0.360. The first kappa shape index (κ1) is 16.7. The van der Waals surface area contributed by atoms with Crippen LogP contribution in [-0.4, -0.2) is 52.0 Å². The van der Waals surface area contributed by atoms with Gasteiger partial charge in [-0.05, 0) is 38.8 Å². The Bertz CT molecular complexity index is 272. The molecule has 0 aromatic heterocycles. The van der Waals surface area contributed by atoms with E-state index in [2.05, 4.69) is 10.6 Å². The molecule has 0 aromatic rings. The maximum atomic E-state index is 12.5. The Balaban J connectivity index is 0.00000180. The lowest BCUT2D eigenvalue weighted by atomic mass is 9.78. The summed E-state index contributed by atoms with van der Waals surface area (Å²) in [6.45, 7) is 3.75. The number of carbonyl (C=O) groups is 1. The lowest BCUT2D eigenvalue weighted by Gasteiger charge is -2.37. The average molecular weight is 293 g/mol. The van der Waals surface area contributed by atoms with Gasteiger partial charge in [0, 0.05) is 13.7 Å². The number of carbonyl (C=O) groups excluding carboxylic acids is 1. The number of nitrogens with one attached hydrogen (secondary N) is 2. The van der Waals surface area contributed by atoms with Crippen LogP contribution in [0.1, 0.15) is 25.7 Å². The van der Waals surface area contributed by atoms with E-state index in [1.54, 1.807) is 7.11 Å². The molecule has 2 aliphatic rings. The summed E-state index contributed by atoms with van der Waals surface area (Å²) >= 11 is 0. The monoisotopic (exact) mass is 292 g/mol. The summed E-state index contributed by atoms with van der Waals surface area (Å²) in [6.07, 6.45) is 3.75. The van der Waals surface area contributed by atoms with Crippen molar-refractivity contribution in [3.8, 4) is 0 Å². The van der Waals surface area contributed by atoms with Gasteiger partial charge in [0.25, 0.3) is 0 Å². The Kier molecular flexibility index (Phi) is 7.07. The minimum atomic E-state index is -0.350. The standard InChI is InChI=1S/C13H24N2O3.ClH/c1-17-10-13(4-6-14-7-5-13)12(16)15-11-3-2-8-18-9-11;/h11,14H,2-10H2,1H3,(H,15,16);1H. The van der Waals surface area contributed by atoms with Crippen molar-refractivity contribution in [1.29, 1.82) is 0 Å². The molecule has 0 aromatic carbocycles. The van der Waals surface area contributed by atoms with Crippen LogP contribution >= 0.6 is 12.4 Å². The largest absolute Gasteiger partial charge is 0.384 e. The normalized spacial score (nSPS) is 26.3. The van der Waals surface area contributed by atoms with Crippen molar-refractivity contribution >= 4 is 18.3 Å². The number of hydrogen-bond donors (Lipinski definition) is 2. The van der Waals surface area contributed by atoms with Crippen LogP contribution in [0.15, 0.2) is 0 Å². The molecule has 2 heterocycles. The second-order valence-electron chi connectivity index (χ2n) is 5.35. The molecule has 2 N–H and O–H groups in total. The first-order chi connectivity index (χ1) is 8.77. The molecule has 0 saturated carbocycles.